The van der Waals surface area contributed by atoms with Gasteiger partial charge in [-0.15, -0.1) is 5.10 Å². The molecular weight excluding hydrogens is 323 g/mol. The summed E-state index contributed by atoms with van der Waals surface area (Å²) in [5, 5.41) is 17.2. The maximum absolute atomic E-state index is 14.6. The number of halogens is 1. The fourth-order valence-electron chi connectivity index (χ4n) is 2.74. The van der Waals surface area contributed by atoms with Crippen molar-refractivity contribution >= 4 is 17.5 Å². The molecule has 0 amide bonds. The van der Waals surface area contributed by atoms with Crippen LogP contribution >= 0.6 is 0 Å². The second-order valence-electron chi connectivity index (χ2n) is 6.02. The lowest BCUT2D eigenvalue weighted by molar-refractivity contribution is 0.627. The van der Waals surface area contributed by atoms with Crippen LogP contribution in [0.15, 0.2) is 24.7 Å². The van der Waals surface area contributed by atoms with Crippen molar-refractivity contribution in [3.63, 3.8) is 0 Å². The van der Waals surface area contributed by atoms with Gasteiger partial charge in [0.25, 0.3) is 0 Å². The molecular formula is C16H17FN8. The number of aromatic nitrogens is 6. The molecule has 2 heterocycles. The molecule has 0 atom stereocenters. The maximum atomic E-state index is 14.6. The highest BCUT2D eigenvalue weighted by molar-refractivity contribution is 5.63. The molecule has 1 aliphatic carbocycles. The SMILES string of the molecule is CNc1nc(Nc2cc(-n3cnnn3)c(C3CC3)cc2F)ncc1C. The summed E-state index contributed by atoms with van der Waals surface area (Å²) < 4.78 is 16.2. The molecule has 2 N–H and O–H groups in total. The third-order valence-corrected chi connectivity index (χ3v) is 4.18. The molecule has 1 aromatic carbocycles. The highest BCUT2D eigenvalue weighted by Crippen LogP contribution is 2.44. The predicted molar refractivity (Wildman–Crippen MR) is 90.7 cm³/mol. The molecule has 0 saturated heterocycles. The Morgan fingerprint density at radius 2 is 2.12 bits per heavy atom. The number of aryl methyl sites for hydroxylation is 1. The third kappa shape index (κ3) is 3.00. The van der Waals surface area contributed by atoms with Gasteiger partial charge in [-0.2, -0.15) is 4.98 Å². The molecule has 1 aliphatic rings. The lowest BCUT2D eigenvalue weighted by Crippen LogP contribution is -2.06. The van der Waals surface area contributed by atoms with Gasteiger partial charge in [-0.1, -0.05) is 0 Å². The number of tetrazole rings is 1. The Labute approximate surface area is 143 Å². The summed E-state index contributed by atoms with van der Waals surface area (Å²) in [5.41, 5.74) is 2.86. The minimum absolute atomic E-state index is 0.279. The molecule has 2 aromatic heterocycles. The van der Waals surface area contributed by atoms with Crippen molar-refractivity contribution in [1.82, 2.24) is 30.2 Å². The molecule has 0 bridgehead atoms. The highest BCUT2D eigenvalue weighted by atomic mass is 19.1. The van der Waals surface area contributed by atoms with Crippen LogP contribution in [0.5, 0.6) is 0 Å². The van der Waals surface area contributed by atoms with Crippen LogP contribution in [0.1, 0.15) is 29.9 Å². The van der Waals surface area contributed by atoms with Crippen molar-refractivity contribution in [2.75, 3.05) is 17.7 Å². The quantitative estimate of drug-likeness (QED) is 0.737. The molecule has 1 saturated carbocycles. The van der Waals surface area contributed by atoms with E-state index in [4.69, 9.17) is 0 Å². The topological polar surface area (TPSA) is 93.4 Å². The average molecular weight is 340 g/mol. The van der Waals surface area contributed by atoms with E-state index in [1.807, 2.05) is 6.92 Å². The summed E-state index contributed by atoms with van der Waals surface area (Å²) in [6.45, 7) is 1.90. The van der Waals surface area contributed by atoms with E-state index in [0.29, 0.717) is 17.7 Å². The Morgan fingerprint density at radius 3 is 2.80 bits per heavy atom. The Kier molecular flexibility index (Phi) is 3.75. The molecule has 0 unspecified atom stereocenters. The van der Waals surface area contributed by atoms with Gasteiger partial charge in [0.1, 0.15) is 18.0 Å². The van der Waals surface area contributed by atoms with E-state index in [9.17, 15) is 4.39 Å². The van der Waals surface area contributed by atoms with E-state index in [1.54, 1.807) is 30.1 Å². The summed E-state index contributed by atoms with van der Waals surface area (Å²) in [4.78, 5) is 8.55. The zero-order valence-electron chi connectivity index (χ0n) is 13.9. The van der Waals surface area contributed by atoms with Gasteiger partial charge in [0.15, 0.2) is 0 Å². The number of rotatable bonds is 5. The van der Waals surface area contributed by atoms with Gasteiger partial charge in [-0.05, 0) is 53.8 Å². The van der Waals surface area contributed by atoms with Crippen molar-refractivity contribution < 1.29 is 4.39 Å². The smallest absolute Gasteiger partial charge is 0.229 e. The Balaban J connectivity index is 1.73. The zero-order valence-corrected chi connectivity index (χ0v) is 13.9. The van der Waals surface area contributed by atoms with E-state index < -0.39 is 0 Å². The highest BCUT2D eigenvalue weighted by Gasteiger charge is 2.28. The molecule has 0 spiro atoms. The predicted octanol–water partition coefficient (Wildman–Crippen LogP) is 2.56. The molecule has 128 valence electrons. The Hall–Kier alpha value is -3.10. The van der Waals surface area contributed by atoms with E-state index in [2.05, 4.69) is 36.1 Å². The minimum Gasteiger partial charge on any atom is -0.373 e. The second-order valence-corrected chi connectivity index (χ2v) is 6.02. The Bertz CT molecular complexity index is 905. The number of nitrogens with one attached hydrogen (secondary N) is 2. The fraction of sp³-hybridized carbons (Fsp3) is 0.312. The van der Waals surface area contributed by atoms with Crippen molar-refractivity contribution in [1.29, 1.82) is 0 Å². The van der Waals surface area contributed by atoms with Crippen LogP contribution in [0.4, 0.5) is 21.8 Å². The zero-order chi connectivity index (χ0) is 17.4. The van der Waals surface area contributed by atoms with E-state index in [0.717, 1.165) is 29.7 Å². The van der Waals surface area contributed by atoms with Gasteiger partial charge in [-0.3, -0.25) is 0 Å². The first-order valence-corrected chi connectivity index (χ1v) is 8.01. The summed E-state index contributed by atoms with van der Waals surface area (Å²) in [6, 6.07) is 3.24. The van der Waals surface area contributed by atoms with Crippen LogP contribution in [-0.2, 0) is 0 Å². The standard InChI is InChI=1S/C16H17FN8/c1-9-7-19-16(22-15(9)18-2)21-13-6-14(25-8-20-23-24-25)11(5-12(13)17)10-3-4-10/h5-8,10H,3-4H2,1-2H3,(H2,18,19,21,22). The van der Waals surface area contributed by atoms with Crippen molar-refractivity contribution in [3.8, 4) is 5.69 Å². The Morgan fingerprint density at radius 1 is 1.28 bits per heavy atom. The molecule has 8 nitrogen and oxygen atoms in total. The van der Waals surface area contributed by atoms with Crippen LogP contribution in [0.3, 0.4) is 0 Å². The van der Waals surface area contributed by atoms with Crippen LogP contribution < -0.4 is 10.6 Å². The first kappa shape index (κ1) is 15.4. The van der Waals surface area contributed by atoms with Gasteiger partial charge in [-0.25, -0.2) is 14.1 Å². The molecule has 0 radical (unpaired) electrons. The molecule has 4 rings (SSSR count). The number of anilines is 3. The first-order valence-electron chi connectivity index (χ1n) is 8.01. The lowest BCUT2D eigenvalue weighted by Gasteiger charge is -2.13. The molecule has 9 heteroatoms. The first-order chi connectivity index (χ1) is 12.2. The molecule has 3 aromatic rings. The number of hydrogen-bond acceptors (Lipinski definition) is 7. The number of benzene rings is 1. The summed E-state index contributed by atoms with van der Waals surface area (Å²) in [7, 11) is 1.78. The normalized spacial score (nSPS) is 13.7. The van der Waals surface area contributed by atoms with Crippen LogP contribution in [0.25, 0.3) is 5.69 Å². The second kappa shape index (κ2) is 6.08. The average Bonchev–Trinajstić information content (AvgIpc) is 3.32. The number of nitrogens with zero attached hydrogens (tertiary/aromatic N) is 6. The maximum Gasteiger partial charge on any atom is 0.229 e. The third-order valence-electron chi connectivity index (χ3n) is 4.18. The fourth-order valence-corrected chi connectivity index (χ4v) is 2.74. The number of hydrogen-bond donors (Lipinski definition) is 2. The van der Waals surface area contributed by atoms with Gasteiger partial charge in [0.05, 0.1) is 11.4 Å². The van der Waals surface area contributed by atoms with E-state index >= 15 is 0 Å². The molecule has 0 aliphatic heterocycles. The van der Waals surface area contributed by atoms with Crippen LogP contribution in [0, 0.1) is 12.7 Å². The van der Waals surface area contributed by atoms with E-state index in [-0.39, 0.29) is 11.5 Å². The summed E-state index contributed by atoms with van der Waals surface area (Å²) >= 11 is 0. The van der Waals surface area contributed by atoms with Crippen molar-refractivity contribution in [2.24, 2.45) is 0 Å². The van der Waals surface area contributed by atoms with Gasteiger partial charge in [0.2, 0.25) is 5.95 Å². The lowest BCUT2D eigenvalue weighted by atomic mass is 10.1. The van der Waals surface area contributed by atoms with Crippen molar-refractivity contribution in [2.45, 2.75) is 25.7 Å². The van der Waals surface area contributed by atoms with Crippen molar-refractivity contribution in [3.05, 3.63) is 41.6 Å². The molecule has 25 heavy (non-hydrogen) atoms. The van der Waals surface area contributed by atoms with Crippen LogP contribution in [0.2, 0.25) is 0 Å². The van der Waals surface area contributed by atoms with Crippen LogP contribution in [-0.4, -0.2) is 37.2 Å². The summed E-state index contributed by atoms with van der Waals surface area (Å²) in [6.07, 6.45) is 5.28. The minimum atomic E-state index is -0.353. The monoisotopic (exact) mass is 340 g/mol. The summed E-state index contributed by atoms with van der Waals surface area (Å²) in [5.74, 6) is 1.01. The van der Waals surface area contributed by atoms with Gasteiger partial charge < -0.3 is 10.6 Å². The van der Waals surface area contributed by atoms with Gasteiger partial charge in [0, 0.05) is 18.8 Å². The molecule has 1 fully saturated rings. The van der Waals surface area contributed by atoms with E-state index in [1.165, 1.54) is 6.33 Å². The van der Waals surface area contributed by atoms with Gasteiger partial charge >= 0.3 is 0 Å². The largest absolute Gasteiger partial charge is 0.373 e.